The molecule has 0 aromatic heterocycles. The molecule has 0 aliphatic carbocycles. The Bertz CT molecular complexity index is 352. The van der Waals surface area contributed by atoms with Gasteiger partial charge in [0.25, 0.3) is 0 Å². The fraction of sp³-hybridized carbons (Fsp3) is 0.867. The van der Waals surface area contributed by atoms with Gasteiger partial charge in [0, 0.05) is 33.4 Å². The van der Waals surface area contributed by atoms with Crippen molar-refractivity contribution < 1.29 is 19.1 Å². The SMILES string of the molecule is COCCCNC(=O)C1CCCN(C(=O)OC(C)(C)C)C1. The summed E-state index contributed by atoms with van der Waals surface area (Å²) in [6.45, 7) is 7.86. The van der Waals surface area contributed by atoms with Gasteiger partial charge in [-0.1, -0.05) is 0 Å². The molecule has 1 heterocycles. The van der Waals surface area contributed by atoms with Gasteiger partial charge >= 0.3 is 6.09 Å². The van der Waals surface area contributed by atoms with Crippen LogP contribution < -0.4 is 5.32 Å². The molecule has 1 unspecified atom stereocenters. The first-order valence-corrected chi connectivity index (χ1v) is 7.58. The maximum atomic E-state index is 12.1. The van der Waals surface area contributed by atoms with Crippen molar-refractivity contribution in [2.45, 2.75) is 45.6 Å². The molecule has 0 aromatic carbocycles. The van der Waals surface area contributed by atoms with Crippen molar-refractivity contribution in [3.05, 3.63) is 0 Å². The Kier molecular flexibility index (Phi) is 6.95. The van der Waals surface area contributed by atoms with Gasteiger partial charge in [0.2, 0.25) is 5.91 Å². The molecule has 0 bridgehead atoms. The van der Waals surface area contributed by atoms with E-state index in [-0.39, 0.29) is 17.9 Å². The number of amides is 2. The van der Waals surface area contributed by atoms with E-state index in [0.29, 0.717) is 26.2 Å². The van der Waals surface area contributed by atoms with E-state index in [9.17, 15) is 9.59 Å². The maximum Gasteiger partial charge on any atom is 0.410 e. The molecular weight excluding hydrogens is 272 g/mol. The number of likely N-dealkylation sites (tertiary alicyclic amines) is 1. The highest BCUT2D eigenvalue weighted by atomic mass is 16.6. The highest BCUT2D eigenvalue weighted by molar-refractivity contribution is 5.80. The van der Waals surface area contributed by atoms with Crippen molar-refractivity contribution >= 4 is 12.0 Å². The Morgan fingerprint density at radius 1 is 1.33 bits per heavy atom. The molecule has 122 valence electrons. The molecule has 0 saturated carbocycles. The van der Waals surface area contributed by atoms with Gasteiger partial charge < -0.3 is 19.7 Å². The lowest BCUT2D eigenvalue weighted by molar-refractivity contribution is -0.126. The van der Waals surface area contributed by atoms with Gasteiger partial charge in [-0.25, -0.2) is 4.79 Å². The van der Waals surface area contributed by atoms with Crippen LogP contribution in [0.1, 0.15) is 40.0 Å². The molecule has 0 spiro atoms. The smallest absolute Gasteiger partial charge is 0.410 e. The summed E-state index contributed by atoms with van der Waals surface area (Å²) in [4.78, 5) is 25.8. The summed E-state index contributed by atoms with van der Waals surface area (Å²) in [5.41, 5.74) is -0.508. The Hall–Kier alpha value is -1.30. The molecule has 6 nitrogen and oxygen atoms in total. The van der Waals surface area contributed by atoms with Gasteiger partial charge in [-0.2, -0.15) is 0 Å². The van der Waals surface area contributed by atoms with Crippen LogP contribution in [0.15, 0.2) is 0 Å². The molecular formula is C15H28N2O4. The quantitative estimate of drug-likeness (QED) is 0.786. The molecule has 0 aromatic rings. The number of rotatable bonds is 5. The van der Waals surface area contributed by atoms with E-state index in [1.807, 2.05) is 20.8 Å². The van der Waals surface area contributed by atoms with Crippen LogP contribution in [0, 0.1) is 5.92 Å². The second kappa shape index (κ2) is 8.22. The minimum Gasteiger partial charge on any atom is -0.444 e. The van der Waals surface area contributed by atoms with Crippen LogP contribution >= 0.6 is 0 Å². The number of ether oxygens (including phenoxy) is 2. The van der Waals surface area contributed by atoms with E-state index in [1.165, 1.54) is 0 Å². The zero-order chi connectivity index (χ0) is 15.9. The fourth-order valence-corrected chi connectivity index (χ4v) is 2.26. The molecule has 1 N–H and O–H groups in total. The van der Waals surface area contributed by atoms with E-state index < -0.39 is 5.60 Å². The van der Waals surface area contributed by atoms with E-state index in [4.69, 9.17) is 9.47 Å². The standard InChI is InChI=1S/C15H28N2O4/c1-15(2,3)21-14(19)17-9-5-7-12(11-17)13(18)16-8-6-10-20-4/h12H,5-11H2,1-4H3,(H,16,18). The number of carbonyl (C=O) groups excluding carboxylic acids is 2. The minimum atomic E-state index is -0.508. The summed E-state index contributed by atoms with van der Waals surface area (Å²) >= 11 is 0. The molecule has 2 amide bonds. The predicted molar refractivity (Wildman–Crippen MR) is 80.0 cm³/mol. The van der Waals surface area contributed by atoms with Crippen molar-refractivity contribution in [2.75, 3.05) is 33.4 Å². The number of nitrogens with zero attached hydrogens (tertiary/aromatic N) is 1. The molecule has 21 heavy (non-hydrogen) atoms. The van der Waals surface area contributed by atoms with Gasteiger partial charge in [0.15, 0.2) is 0 Å². The lowest BCUT2D eigenvalue weighted by Crippen LogP contribution is -2.47. The molecule has 1 aliphatic heterocycles. The Morgan fingerprint density at radius 2 is 2.05 bits per heavy atom. The summed E-state index contributed by atoms with van der Waals surface area (Å²) in [7, 11) is 1.64. The third kappa shape index (κ3) is 6.80. The van der Waals surface area contributed by atoms with Gasteiger partial charge in [0.1, 0.15) is 5.60 Å². The van der Waals surface area contributed by atoms with Crippen LogP contribution in [0.25, 0.3) is 0 Å². The van der Waals surface area contributed by atoms with Crippen molar-refractivity contribution in [2.24, 2.45) is 5.92 Å². The first-order valence-electron chi connectivity index (χ1n) is 7.58. The molecule has 1 fully saturated rings. The van der Waals surface area contributed by atoms with E-state index >= 15 is 0 Å². The lowest BCUT2D eigenvalue weighted by Gasteiger charge is -2.33. The van der Waals surface area contributed by atoms with Crippen LogP contribution in [0.5, 0.6) is 0 Å². The monoisotopic (exact) mass is 300 g/mol. The predicted octanol–water partition coefficient (Wildman–Crippen LogP) is 1.79. The van der Waals surface area contributed by atoms with Crippen molar-refractivity contribution in [1.29, 1.82) is 0 Å². The van der Waals surface area contributed by atoms with Crippen LogP contribution in [0.3, 0.4) is 0 Å². The van der Waals surface area contributed by atoms with Crippen LogP contribution in [-0.2, 0) is 14.3 Å². The maximum absolute atomic E-state index is 12.1. The second-order valence-corrected chi connectivity index (χ2v) is 6.40. The summed E-state index contributed by atoms with van der Waals surface area (Å²) in [6, 6.07) is 0. The molecule has 1 saturated heterocycles. The zero-order valence-electron chi connectivity index (χ0n) is 13.6. The Labute approximate surface area is 127 Å². The number of hydrogen-bond acceptors (Lipinski definition) is 4. The summed E-state index contributed by atoms with van der Waals surface area (Å²) in [5, 5.41) is 2.90. The van der Waals surface area contributed by atoms with Crippen LogP contribution in [-0.4, -0.2) is 55.9 Å². The van der Waals surface area contributed by atoms with E-state index in [2.05, 4.69) is 5.32 Å². The average Bonchev–Trinajstić information content (AvgIpc) is 2.41. The van der Waals surface area contributed by atoms with Gasteiger partial charge in [-0.3, -0.25) is 4.79 Å². The number of methoxy groups -OCH3 is 1. The van der Waals surface area contributed by atoms with Crippen LogP contribution in [0.4, 0.5) is 4.79 Å². The first kappa shape index (κ1) is 17.8. The Balaban J connectivity index is 2.40. The topological polar surface area (TPSA) is 67.9 Å². The first-order chi connectivity index (χ1) is 9.83. The van der Waals surface area contributed by atoms with Crippen molar-refractivity contribution in [3.63, 3.8) is 0 Å². The minimum absolute atomic E-state index is 0.0133. The van der Waals surface area contributed by atoms with Gasteiger partial charge in [-0.05, 0) is 40.0 Å². The number of piperidine rings is 1. The van der Waals surface area contributed by atoms with Crippen molar-refractivity contribution in [3.8, 4) is 0 Å². The molecule has 6 heteroatoms. The third-order valence-electron chi connectivity index (χ3n) is 3.27. The summed E-state index contributed by atoms with van der Waals surface area (Å²) in [5.74, 6) is -0.131. The van der Waals surface area contributed by atoms with Gasteiger partial charge in [0.05, 0.1) is 5.92 Å². The second-order valence-electron chi connectivity index (χ2n) is 6.40. The van der Waals surface area contributed by atoms with Crippen molar-refractivity contribution in [1.82, 2.24) is 10.2 Å². The number of carbonyl (C=O) groups is 2. The fourth-order valence-electron chi connectivity index (χ4n) is 2.26. The highest BCUT2D eigenvalue weighted by Crippen LogP contribution is 2.19. The Morgan fingerprint density at radius 3 is 2.67 bits per heavy atom. The summed E-state index contributed by atoms with van der Waals surface area (Å²) in [6.07, 6.45) is 2.11. The largest absolute Gasteiger partial charge is 0.444 e. The van der Waals surface area contributed by atoms with E-state index in [1.54, 1.807) is 12.0 Å². The lowest BCUT2D eigenvalue weighted by atomic mass is 9.97. The molecule has 1 aliphatic rings. The molecule has 0 radical (unpaired) electrons. The normalized spacial score (nSPS) is 19.2. The number of hydrogen-bond donors (Lipinski definition) is 1. The highest BCUT2D eigenvalue weighted by Gasteiger charge is 2.30. The number of nitrogens with one attached hydrogen (secondary N) is 1. The van der Waals surface area contributed by atoms with Gasteiger partial charge in [-0.15, -0.1) is 0 Å². The van der Waals surface area contributed by atoms with E-state index in [0.717, 1.165) is 19.3 Å². The van der Waals surface area contributed by atoms with Crippen LogP contribution in [0.2, 0.25) is 0 Å². The summed E-state index contributed by atoms with van der Waals surface area (Å²) < 4.78 is 10.3. The molecule has 1 rings (SSSR count). The average molecular weight is 300 g/mol. The zero-order valence-corrected chi connectivity index (χ0v) is 13.6. The molecule has 1 atom stereocenters. The third-order valence-corrected chi connectivity index (χ3v) is 3.27.